The van der Waals surface area contributed by atoms with Crippen molar-refractivity contribution in [2.75, 3.05) is 0 Å². The molecule has 0 aliphatic rings. The van der Waals surface area contributed by atoms with E-state index in [1.165, 1.54) is 4.68 Å². The Hall–Kier alpha value is -1.32. The van der Waals surface area contributed by atoms with Crippen molar-refractivity contribution in [3.8, 4) is 0 Å². The van der Waals surface area contributed by atoms with Gasteiger partial charge in [-0.1, -0.05) is 27.7 Å². The monoisotopic (exact) mass is 214 g/mol. The summed E-state index contributed by atoms with van der Waals surface area (Å²) in [4.78, 5) is 10.2. The molecule has 0 fully saturated rings. The number of hydrogen-bond acceptors (Lipinski definition) is 2. The molecule has 0 radical (unpaired) electrons. The molecule has 4 heteroatoms. The van der Waals surface area contributed by atoms with Gasteiger partial charge >= 0.3 is 5.97 Å². The molecule has 0 saturated heterocycles. The molecule has 0 bridgehead atoms. The average Bonchev–Trinajstić information content (AvgIpc) is 2.51. The van der Waals surface area contributed by atoms with Crippen LogP contribution in [0.3, 0.4) is 0 Å². The molecular weight excluding hydrogens is 192 g/mol. The first-order valence-electron chi connectivity index (χ1n) is 5.32. The molecule has 1 rings (SSSR count). The average molecular weight is 214 g/mol. The Bertz CT molecular complexity index is 261. The van der Waals surface area contributed by atoms with Crippen molar-refractivity contribution in [1.82, 2.24) is 9.78 Å². The maximum Gasteiger partial charge on any atom is 0.325 e. The van der Waals surface area contributed by atoms with Gasteiger partial charge in [-0.05, 0) is 19.4 Å². The van der Waals surface area contributed by atoms with Crippen LogP contribution in [0.25, 0.3) is 0 Å². The summed E-state index contributed by atoms with van der Waals surface area (Å²) in [6.07, 6.45) is 1.73. The second-order valence-electron chi connectivity index (χ2n) is 2.49. The predicted molar refractivity (Wildman–Crippen MR) is 62.0 cm³/mol. The number of aliphatic carboxylic acids is 1. The molecule has 0 aliphatic heterocycles. The van der Waals surface area contributed by atoms with E-state index in [4.69, 9.17) is 5.11 Å². The molecular formula is C11H22N2O2. The molecule has 0 atom stereocenters. The number of hydrogen-bond donors (Lipinski definition) is 1. The number of carboxylic acid groups (broad SMARTS) is 1. The summed E-state index contributed by atoms with van der Waals surface area (Å²) in [5.41, 5.74) is 1.90. The largest absolute Gasteiger partial charge is 0.480 e. The van der Waals surface area contributed by atoms with Gasteiger partial charge in [-0.15, -0.1) is 0 Å². The van der Waals surface area contributed by atoms with Crippen molar-refractivity contribution >= 4 is 5.97 Å². The van der Waals surface area contributed by atoms with E-state index in [9.17, 15) is 4.79 Å². The molecule has 1 aromatic rings. The van der Waals surface area contributed by atoms with E-state index in [-0.39, 0.29) is 6.54 Å². The number of carbonyl (C=O) groups is 1. The Kier molecular flexibility index (Phi) is 9.94. The highest BCUT2D eigenvalue weighted by atomic mass is 16.4. The van der Waals surface area contributed by atoms with Gasteiger partial charge in [0.2, 0.25) is 0 Å². The third-order valence-electron chi connectivity index (χ3n) is 1.49. The third kappa shape index (κ3) is 6.71. The second-order valence-corrected chi connectivity index (χ2v) is 2.49. The minimum atomic E-state index is -0.868. The van der Waals surface area contributed by atoms with Crippen LogP contribution in [0.5, 0.6) is 0 Å². The number of carboxylic acids is 1. The van der Waals surface area contributed by atoms with E-state index in [2.05, 4.69) is 5.10 Å². The van der Waals surface area contributed by atoms with Gasteiger partial charge in [0, 0.05) is 6.20 Å². The van der Waals surface area contributed by atoms with Crippen LogP contribution < -0.4 is 0 Å². The van der Waals surface area contributed by atoms with Gasteiger partial charge in [-0.25, -0.2) is 0 Å². The van der Waals surface area contributed by atoms with Crippen molar-refractivity contribution in [2.45, 2.75) is 48.1 Å². The summed E-state index contributed by atoms with van der Waals surface area (Å²) in [7, 11) is 0. The fourth-order valence-corrected chi connectivity index (χ4v) is 0.837. The maximum absolute atomic E-state index is 10.2. The fraction of sp³-hybridized carbons (Fsp3) is 0.636. The van der Waals surface area contributed by atoms with E-state index in [0.717, 1.165) is 11.3 Å². The Balaban J connectivity index is 0. The highest BCUT2D eigenvalue weighted by Crippen LogP contribution is 2.01. The van der Waals surface area contributed by atoms with E-state index in [0.29, 0.717) is 0 Å². The minimum absolute atomic E-state index is 0.0608. The van der Waals surface area contributed by atoms with Crippen molar-refractivity contribution < 1.29 is 9.90 Å². The van der Waals surface area contributed by atoms with Crippen molar-refractivity contribution in [1.29, 1.82) is 0 Å². The minimum Gasteiger partial charge on any atom is -0.480 e. The number of aryl methyl sites for hydroxylation is 2. The summed E-state index contributed by atoms with van der Waals surface area (Å²) in [6, 6.07) is 0. The van der Waals surface area contributed by atoms with Crippen LogP contribution in [-0.2, 0) is 11.3 Å². The predicted octanol–water partition coefficient (Wildman–Crippen LogP) is 2.64. The van der Waals surface area contributed by atoms with E-state index in [1.807, 2.05) is 41.5 Å². The van der Waals surface area contributed by atoms with Gasteiger partial charge in [-0.3, -0.25) is 9.48 Å². The van der Waals surface area contributed by atoms with Crippen LogP contribution in [0, 0.1) is 13.8 Å². The van der Waals surface area contributed by atoms with Crippen LogP contribution in [-0.4, -0.2) is 20.9 Å². The van der Waals surface area contributed by atoms with Gasteiger partial charge < -0.3 is 5.11 Å². The van der Waals surface area contributed by atoms with Crippen molar-refractivity contribution in [2.24, 2.45) is 0 Å². The zero-order chi connectivity index (χ0) is 12.4. The molecule has 15 heavy (non-hydrogen) atoms. The molecule has 0 spiro atoms. The Morgan fingerprint density at radius 3 is 2.07 bits per heavy atom. The normalized spacial score (nSPS) is 8.13. The van der Waals surface area contributed by atoms with Gasteiger partial charge in [0.1, 0.15) is 6.54 Å². The molecule has 1 N–H and O–H groups in total. The zero-order valence-electron chi connectivity index (χ0n) is 10.5. The molecule has 0 unspecified atom stereocenters. The van der Waals surface area contributed by atoms with Crippen molar-refractivity contribution in [3.05, 3.63) is 17.5 Å². The molecule has 0 saturated carbocycles. The van der Waals surface area contributed by atoms with Gasteiger partial charge in [-0.2, -0.15) is 5.10 Å². The molecule has 0 aliphatic carbocycles. The van der Waals surface area contributed by atoms with E-state index < -0.39 is 5.97 Å². The summed E-state index contributed by atoms with van der Waals surface area (Å²) in [5.74, 6) is -0.868. The molecule has 4 nitrogen and oxygen atoms in total. The van der Waals surface area contributed by atoms with Crippen molar-refractivity contribution in [3.63, 3.8) is 0 Å². The quantitative estimate of drug-likeness (QED) is 0.823. The lowest BCUT2D eigenvalue weighted by Gasteiger charge is -1.92. The van der Waals surface area contributed by atoms with E-state index in [1.54, 1.807) is 6.20 Å². The standard InChI is InChI=1S/C7H10N2O2.2C2H6/c1-5-3-9(4-7(10)11)8-6(5)2;2*1-2/h3H,4H2,1-2H3,(H,10,11);2*1-2H3. The number of aromatic nitrogens is 2. The lowest BCUT2D eigenvalue weighted by Crippen LogP contribution is -2.08. The second kappa shape index (κ2) is 9.24. The third-order valence-corrected chi connectivity index (χ3v) is 1.49. The number of rotatable bonds is 2. The Labute approximate surface area is 91.9 Å². The topological polar surface area (TPSA) is 55.1 Å². The van der Waals surface area contributed by atoms with Crippen LogP contribution in [0.1, 0.15) is 39.0 Å². The first-order valence-corrected chi connectivity index (χ1v) is 5.32. The first kappa shape index (κ1) is 16.1. The van der Waals surface area contributed by atoms with Gasteiger partial charge in [0.05, 0.1) is 5.69 Å². The van der Waals surface area contributed by atoms with Crippen LogP contribution >= 0.6 is 0 Å². The van der Waals surface area contributed by atoms with Gasteiger partial charge in [0.15, 0.2) is 0 Å². The molecule has 1 heterocycles. The lowest BCUT2D eigenvalue weighted by molar-refractivity contribution is -0.137. The maximum atomic E-state index is 10.2. The fourth-order valence-electron chi connectivity index (χ4n) is 0.837. The summed E-state index contributed by atoms with van der Waals surface area (Å²) in [6.45, 7) is 11.7. The molecule has 1 aromatic heterocycles. The molecule has 88 valence electrons. The Morgan fingerprint density at radius 1 is 1.33 bits per heavy atom. The number of nitrogens with zero attached hydrogens (tertiary/aromatic N) is 2. The van der Waals surface area contributed by atoms with Crippen LogP contribution in [0.4, 0.5) is 0 Å². The SMILES string of the molecule is CC.CC.Cc1cn(CC(=O)O)nc1C. The smallest absolute Gasteiger partial charge is 0.325 e. The van der Waals surface area contributed by atoms with E-state index >= 15 is 0 Å². The zero-order valence-corrected chi connectivity index (χ0v) is 10.5. The molecule has 0 aromatic carbocycles. The summed E-state index contributed by atoms with van der Waals surface area (Å²) < 4.78 is 1.42. The summed E-state index contributed by atoms with van der Waals surface area (Å²) >= 11 is 0. The highest BCUT2D eigenvalue weighted by Gasteiger charge is 2.02. The van der Waals surface area contributed by atoms with Crippen LogP contribution in [0.2, 0.25) is 0 Å². The highest BCUT2D eigenvalue weighted by molar-refractivity contribution is 5.66. The Morgan fingerprint density at radius 2 is 1.80 bits per heavy atom. The van der Waals surface area contributed by atoms with Gasteiger partial charge in [0.25, 0.3) is 0 Å². The van der Waals surface area contributed by atoms with Crippen LogP contribution in [0.15, 0.2) is 6.20 Å². The lowest BCUT2D eigenvalue weighted by atomic mass is 10.3. The first-order chi connectivity index (χ1) is 7.09. The molecule has 0 amide bonds. The summed E-state index contributed by atoms with van der Waals surface area (Å²) in [5, 5.41) is 12.4.